The van der Waals surface area contributed by atoms with Crippen LogP contribution in [0.15, 0.2) is 54.7 Å². The number of aromatic amines is 1. The third-order valence-corrected chi connectivity index (χ3v) is 6.83. The SMILES string of the molecule is O=C1Nc2ccc([N+](=O)[O-])cc2C1=Cc1[nH]c2c(c1Cc1nccc3ccccc13)CCCC2. The van der Waals surface area contributed by atoms with Gasteiger partial charge in [-0.25, -0.2) is 0 Å². The number of carbonyl (C=O) groups excluding carboxylic acids is 1. The fourth-order valence-corrected chi connectivity index (χ4v) is 5.17. The van der Waals surface area contributed by atoms with Gasteiger partial charge in [0.05, 0.1) is 16.2 Å². The number of anilines is 1. The Labute approximate surface area is 195 Å². The Balaban J connectivity index is 1.49. The van der Waals surface area contributed by atoms with Gasteiger partial charge in [0.2, 0.25) is 0 Å². The molecule has 0 atom stereocenters. The third-order valence-electron chi connectivity index (χ3n) is 6.83. The lowest BCUT2D eigenvalue weighted by atomic mass is 9.91. The zero-order valence-corrected chi connectivity index (χ0v) is 18.4. The highest BCUT2D eigenvalue weighted by Gasteiger charge is 2.28. The van der Waals surface area contributed by atoms with Gasteiger partial charge in [0, 0.05) is 52.8 Å². The van der Waals surface area contributed by atoms with E-state index in [0.29, 0.717) is 23.2 Å². The summed E-state index contributed by atoms with van der Waals surface area (Å²) in [4.78, 5) is 32.0. The van der Waals surface area contributed by atoms with E-state index in [1.165, 1.54) is 23.4 Å². The normalized spacial score (nSPS) is 15.9. The number of nitro benzene ring substituents is 1. The van der Waals surface area contributed by atoms with Crippen molar-refractivity contribution < 1.29 is 9.72 Å². The molecule has 1 amide bonds. The summed E-state index contributed by atoms with van der Waals surface area (Å²) in [7, 11) is 0. The highest BCUT2D eigenvalue weighted by molar-refractivity contribution is 6.35. The van der Waals surface area contributed by atoms with Gasteiger partial charge >= 0.3 is 0 Å². The molecule has 2 aliphatic rings. The molecule has 2 aromatic carbocycles. The third kappa shape index (κ3) is 3.37. The molecular weight excluding hydrogens is 428 g/mol. The van der Waals surface area contributed by atoms with E-state index in [-0.39, 0.29) is 11.6 Å². The smallest absolute Gasteiger partial charge is 0.270 e. The van der Waals surface area contributed by atoms with Crippen molar-refractivity contribution >= 4 is 39.7 Å². The zero-order valence-electron chi connectivity index (χ0n) is 18.4. The van der Waals surface area contributed by atoms with Crippen LogP contribution >= 0.6 is 0 Å². The zero-order chi connectivity index (χ0) is 23.2. The molecule has 3 heterocycles. The number of benzene rings is 2. The number of nitrogens with zero attached hydrogens (tertiary/aromatic N) is 2. The number of aromatic nitrogens is 2. The summed E-state index contributed by atoms with van der Waals surface area (Å²) in [5.74, 6) is -0.252. The molecule has 0 fully saturated rings. The summed E-state index contributed by atoms with van der Waals surface area (Å²) >= 11 is 0. The molecule has 7 nitrogen and oxygen atoms in total. The maximum Gasteiger partial charge on any atom is 0.270 e. The molecule has 34 heavy (non-hydrogen) atoms. The molecule has 0 radical (unpaired) electrons. The molecular formula is C27H22N4O3. The first-order chi connectivity index (χ1) is 16.6. The minimum Gasteiger partial charge on any atom is -0.358 e. The minimum atomic E-state index is -0.439. The average Bonchev–Trinajstić information content (AvgIpc) is 3.36. The van der Waals surface area contributed by atoms with E-state index in [1.807, 2.05) is 30.5 Å². The van der Waals surface area contributed by atoms with Gasteiger partial charge in [0.15, 0.2) is 0 Å². The fraction of sp³-hybridized carbons (Fsp3) is 0.185. The van der Waals surface area contributed by atoms with Crippen molar-refractivity contribution in [3.05, 3.63) is 98.6 Å². The molecule has 0 saturated carbocycles. The summed E-state index contributed by atoms with van der Waals surface area (Å²) < 4.78 is 0. The Morgan fingerprint density at radius 1 is 1.09 bits per heavy atom. The molecule has 4 aromatic rings. The number of hydrogen-bond donors (Lipinski definition) is 2. The summed E-state index contributed by atoms with van der Waals surface area (Å²) in [5, 5.41) is 16.4. The maximum absolute atomic E-state index is 12.8. The van der Waals surface area contributed by atoms with Crippen LogP contribution in [0.25, 0.3) is 22.4 Å². The van der Waals surface area contributed by atoms with Crippen molar-refractivity contribution in [2.24, 2.45) is 0 Å². The van der Waals surface area contributed by atoms with Crippen LogP contribution in [0, 0.1) is 10.1 Å². The van der Waals surface area contributed by atoms with Crippen LogP contribution in [0.2, 0.25) is 0 Å². The number of amides is 1. The van der Waals surface area contributed by atoms with Gasteiger partial charge in [-0.05, 0) is 60.4 Å². The Kier molecular flexibility index (Phi) is 4.76. The van der Waals surface area contributed by atoms with Crippen molar-refractivity contribution in [1.29, 1.82) is 0 Å². The number of aryl methyl sites for hydroxylation is 1. The van der Waals surface area contributed by atoms with Crippen LogP contribution in [-0.4, -0.2) is 20.8 Å². The van der Waals surface area contributed by atoms with Gasteiger partial charge in [0.25, 0.3) is 11.6 Å². The Bertz CT molecular complexity index is 1510. The van der Waals surface area contributed by atoms with Gasteiger partial charge in [-0.3, -0.25) is 19.9 Å². The molecule has 168 valence electrons. The summed E-state index contributed by atoms with van der Waals surface area (Å²) in [6.07, 6.45) is 8.57. The fourth-order valence-electron chi connectivity index (χ4n) is 5.17. The number of fused-ring (bicyclic) bond motifs is 3. The molecule has 7 heteroatoms. The molecule has 0 bridgehead atoms. The van der Waals surface area contributed by atoms with Gasteiger partial charge in [-0.2, -0.15) is 0 Å². The molecule has 1 aliphatic heterocycles. The quantitative estimate of drug-likeness (QED) is 0.246. The van der Waals surface area contributed by atoms with Gasteiger partial charge in [0.1, 0.15) is 0 Å². The lowest BCUT2D eigenvalue weighted by Gasteiger charge is -2.13. The van der Waals surface area contributed by atoms with Crippen molar-refractivity contribution in [3.8, 4) is 0 Å². The van der Waals surface area contributed by atoms with E-state index in [2.05, 4.69) is 22.4 Å². The summed E-state index contributed by atoms with van der Waals surface area (Å²) in [6, 6.07) is 14.7. The number of H-pyrrole nitrogens is 1. The van der Waals surface area contributed by atoms with Crippen LogP contribution in [-0.2, 0) is 24.1 Å². The molecule has 2 N–H and O–H groups in total. The van der Waals surface area contributed by atoms with Gasteiger partial charge < -0.3 is 10.3 Å². The van der Waals surface area contributed by atoms with Crippen molar-refractivity contribution in [3.63, 3.8) is 0 Å². The molecule has 1 aliphatic carbocycles. The number of nitrogens with one attached hydrogen (secondary N) is 2. The monoisotopic (exact) mass is 450 g/mol. The predicted octanol–water partition coefficient (Wildman–Crippen LogP) is 5.43. The van der Waals surface area contributed by atoms with Crippen LogP contribution in [0.1, 0.15) is 46.6 Å². The Hall–Kier alpha value is -4.26. The van der Waals surface area contributed by atoms with E-state index < -0.39 is 4.92 Å². The van der Waals surface area contributed by atoms with E-state index in [0.717, 1.165) is 53.4 Å². The average molecular weight is 450 g/mol. The number of hydrogen-bond acceptors (Lipinski definition) is 4. The van der Waals surface area contributed by atoms with E-state index in [9.17, 15) is 14.9 Å². The molecule has 6 rings (SSSR count). The first-order valence-electron chi connectivity index (χ1n) is 11.5. The number of non-ortho nitro benzene ring substituents is 1. The van der Waals surface area contributed by atoms with Crippen molar-refractivity contribution in [1.82, 2.24) is 9.97 Å². The van der Waals surface area contributed by atoms with Crippen molar-refractivity contribution in [2.45, 2.75) is 32.1 Å². The minimum absolute atomic E-state index is 0.0351. The first-order valence-corrected chi connectivity index (χ1v) is 11.5. The number of nitro groups is 1. The van der Waals surface area contributed by atoms with Crippen LogP contribution < -0.4 is 5.32 Å². The summed E-state index contributed by atoms with van der Waals surface area (Å²) in [5.41, 5.74) is 7.10. The Morgan fingerprint density at radius 3 is 2.82 bits per heavy atom. The van der Waals surface area contributed by atoms with Crippen LogP contribution in [0.5, 0.6) is 0 Å². The van der Waals surface area contributed by atoms with Gasteiger partial charge in [-0.15, -0.1) is 0 Å². The number of rotatable bonds is 4. The summed E-state index contributed by atoms with van der Waals surface area (Å²) in [6.45, 7) is 0. The lowest BCUT2D eigenvalue weighted by molar-refractivity contribution is -0.384. The number of carbonyl (C=O) groups is 1. The van der Waals surface area contributed by atoms with Crippen LogP contribution in [0.4, 0.5) is 11.4 Å². The second-order valence-electron chi connectivity index (χ2n) is 8.84. The largest absolute Gasteiger partial charge is 0.358 e. The molecule has 0 saturated heterocycles. The maximum atomic E-state index is 12.8. The van der Waals surface area contributed by atoms with Crippen molar-refractivity contribution in [2.75, 3.05) is 5.32 Å². The highest BCUT2D eigenvalue weighted by Crippen LogP contribution is 2.38. The molecule has 2 aromatic heterocycles. The van der Waals surface area contributed by atoms with Crippen LogP contribution in [0.3, 0.4) is 0 Å². The first kappa shape index (κ1) is 20.4. The van der Waals surface area contributed by atoms with Gasteiger partial charge in [-0.1, -0.05) is 24.3 Å². The Morgan fingerprint density at radius 2 is 1.94 bits per heavy atom. The topological polar surface area (TPSA) is 101 Å². The lowest BCUT2D eigenvalue weighted by Crippen LogP contribution is -2.04. The van der Waals surface area contributed by atoms with E-state index in [1.54, 1.807) is 6.07 Å². The van der Waals surface area contributed by atoms with E-state index in [4.69, 9.17) is 4.98 Å². The highest BCUT2D eigenvalue weighted by atomic mass is 16.6. The number of pyridine rings is 1. The molecule has 0 unspecified atom stereocenters. The molecule has 0 spiro atoms. The predicted molar refractivity (Wildman–Crippen MR) is 132 cm³/mol. The second kappa shape index (κ2) is 7.95. The van der Waals surface area contributed by atoms with E-state index >= 15 is 0 Å². The second-order valence-corrected chi connectivity index (χ2v) is 8.84. The standard InChI is InChI=1S/C27H22N4O3/c32-27-22(20-13-17(31(33)34)9-10-24(20)30-27)15-26-21(19-7-3-4-8-23(19)29-26)14-25-18-6-2-1-5-16(18)11-12-28-25/h1-2,5-6,9-13,15,29H,3-4,7-8,14H2,(H,30,32).